The van der Waals surface area contributed by atoms with Gasteiger partial charge in [-0.1, -0.05) is 29.3 Å². The summed E-state index contributed by atoms with van der Waals surface area (Å²) in [5, 5.41) is 16.2. The number of guanidine groups is 1. The van der Waals surface area contributed by atoms with E-state index in [2.05, 4.69) is 30.7 Å². The molecule has 1 aliphatic rings. The van der Waals surface area contributed by atoms with Crippen molar-refractivity contribution in [3.8, 4) is 0 Å². The van der Waals surface area contributed by atoms with Gasteiger partial charge >= 0.3 is 0 Å². The van der Waals surface area contributed by atoms with E-state index in [0.717, 1.165) is 56.6 Å². The number of aromatic nitrogens is 3. The third kappa shape index (κ3) is 7.52. The van der Waals surface area contributed by atoms with Gasteiger partial charge in [-0.15, -0.1) is 34.2 Å². The van der Waals surface area contributed by atoms with Crippen LogP contribution in [0.1, 0.15) is 17.2 Å². The molecular formula is C19H28Cl2IN7O. The van der Waals surface area contributed by atoms with Crippen molar-refractivity contribution < 1.29 is 4.74 Å². The maximum absolute atomic E-state index is 6.28. The van der Waals surface area contributed by atoms with E-state index >= 15 is 0 Å². The smallest absolute Gasteiger partial charge is 0.192 e. The van der Waals surface area contributed by atoms with E-state index in [1.807, 2.05) is 30.7 Å². The molecule has 0 radical (unpaired) electrons. The molecule has 1 fully saturated rings. The lowest BCUT2D eigenvalue weighted by Crippen LogP contribution is -2.44. The van der Waals surface area contributed by atoms with Gasteiger partial charge in [-0.3, -0.25) is 4.90 Å². The summed E-state index contributed by atoms with van der Waals surface area (Å²) in [7, 11) is 1.95. The number of hydrogen-bond donors (Lipinski definition) is 2. The summed E-state index contributed by atoms with van der Waals surface area (Å²) in [6, 6.07) is 5.44. The van der Waals surface area contributed by atoms with Crippen molar-refractivity contribution in [3.05, 3.63) is 45.5 Å². The zero-order valence-electron chi connectivity index (χ0n) is 17.2. The molecule has 1 aliphatic heterocycles. The number of rotatable bonds is 7. The van der Waals surface area contributed by atoms with Crippen LogP contribution in [0.2, 0.25) is 10.0 Å². The number of morpholine rings is 1. The Hall–Kier alpha value is -1.14. The minimum absolute atomic E-state index is 0. The van der Waals surface area contributed by atoms with Crippen LogP contribution >= 0.6 is 47.2 Å². The van der Waals surface area contributed by atoms with E-state index < -0.39 is 0 Å². The van der Waals surface area contributed by atoms with Gasteiger partial charge in [-0.05, 0) is 24.6 Å². The standard InChI is InChI=1S/C19H27Cl2N7O.HI/c1-14-25-26-18(27(14)2)13-24-19(22-5-6-28-7-9-29-10-8-28)23-12-15-3-4-16(20)11-17(15)21;/h3-4,11H,5-10,12-13H2,1-2H3,(H2,22,23,24);1H. The molecule has 2 aromatic rings. The summed E-state index contributed by atoms with van der Waals surface area (Å²) in [5.41, 5.74) is 0.917. The van der Waals surface area contributed by atoms with Crippen molar-refractivity contribution in [3.63, 3.8) is 0 Å². The number of hydrogen-bond acceptors (Lipinski definition) is 5. The van der Waals surface area contributed by atoms with Crippen molar-refractivity contribution in [2.75, 3.05) is 39.4 Å². The van der Waals surface area contributed by atoms with Crippen LogP contribution in [0.4, 0.5) is 0 Å². The lowest BCUT2D eigenvalue weighted by atomic mass is 10.2. The topological polar surface area (TPSA) is 79.6 Å². The Morgan fingerprint density at radius 1 is 1.20 bits per heavy atom. The van der Waals surface area contributed by atoms with Gasteiger partial charge in [-0.2, -0.15) is 0 Å². The second-order valence-electron chi connectivity index (χ2n) is 6.86. The first-order chi connectivity index (χ1) is 14.0. The highest BCUT2D eigenvalue weighted by Crippen LogP contribution is 2.21. The Kier molecular flexibility index (Phi) is 10.6. The summed E-state index contributed by atoms with van der Waals surface area (Å²) in [6.45, 7) is 8.09. The predicted octanol–water partition coefficient (Wildman–Crippen LogP) is 2.62. The quantitative estimate of drug-likeness (QED) is 0.304. The van der Waals surface area contributed by atoms with Crippen molar-refractivity contribution in [2.24, 2.45) is 12.0 Å². The van der Waals surface area contributed by atoms with E-state index in [9.17, 15) is 0 Å². The Labute approximate surface area is 204 Å². The largest absolute Gasteiger partial charge is 0.379 e. The van der Waals surface area contributed by atoms with Gasteiger partial charge in [0.2, 0.25) is 0 Å². The number of nitrogens with zero attached hydrogens (tertiary/aromatic N) is 5. The van der Waals surface area contributed by atoms with E-state index in [0.29, 0.717) is 29.1 Å². The van der Waals surface area contributed by atoms with Crippen LogP contribution in [0.15, 0.2) is 23.2 Å². The highest BCUT2D eigenvalue weighted by molar-refractivity contribution is 14.0. The minimum atomic E-state index is 0. The molecule has 1 aromatic carbocycles. The lowest BCUT2D eigenvalue weighted by molar-refractivity contribution is 0.0389. The highest BCUT2D eigenvalue weighted by atomic mass is 127. The lowest BCUT2D eigenvalue weighted by Gasteiger charge is -2.26. The van der Waals surface area contributed by atoms with Gasteiger partial charge < -0.3 is 19.9 Å². The second kappa shape index (κ2) is 12.7. The molecule has 8 nitrogen and oxygen atoms in total. The molecule has 0 atom stereocenters. The first-order valence-electron chi connectivity index (χ1n) is 9.64. The molecule has 30 heavy (non-hydrogen) atoms. The van der Waals surface area contributed by atoms with Crippen LogP contribution in [0.25, 0.3) is 0 Å². The first-order valence-corrected chi connectivity index (χ1v) is 10.4. The summed E-state index contributed by atoms with van der Waals surface area (Å²) < 4.78 is 7.35. The number of halogens is 3. The van der Waals surface area contributed by atoms with Crippen molar-refractivity contribution in [1.29, 1.82) is 0 Å². The molecule has 1 saturated heterocycles. The molecule has 0 spiro atoms. The molecule has 0 saturated carbocycles. The van der Waals surface area contributed by atoms with Crippen molar-refractivity contribution >= 4 is 53.1 Å². The molecule has 0 aliphatic carbocycles. The van der Waals surface area contributed by atoms with Crippen molar-refractivity contribution in [1.82, 2.24) is 30.3 Å². The van der Waals surface area contributed by atoms with E-state index in [1.54, 1.807) is 6.07 Å². The minimum Gasteiger partial charge on any atom is -0.379 e. The molecule has 3 rings (SSSR count). The van der Waals surface area contributed by atoms with Crippen LogP contribution in [-0.2, 0) is 24.9 Å². The number of nitrogens with one attached hydrogen (secondary N) is 2. The summed E-state index contributed by atoms with van der Waals surface area (Å²) in [6.07, 6.45) is 0. The fourth-order valence-corrected chi connectivity index (χ4v) is 3.38. The summed E-state index contributed by atoms with van der Waals surface area (Å²) >= 11 is 12.3. The fourth-order valence-electron chi connectivity index (χ4n) is 2.91. The summed E-state index contributed by atoms with van der Waals surface area (Å²) in [4.78, 5) is 7.06. The van der Waals surface area contributed by atoms with Crippen molar-refractivity contribution in [2.45, 2.75) is 20.0 Å². The van der Waals surface area contributed by atoms with Gasteiger partial charge in [-0.25, -0.2) is 4.99 Å². The van der Waals surface area contributed by atoms with Gasteiger partial charge in [0.05, 0.1) is 26.3 Å². The SMILES string of the molecule is Cc1nnc(CNC(=NCc2ccc(Cl)cc2Cl)NCCN2CCOCC2)n1C.I. The molecule has 0 amide bonds. The molecule has 0 unspecified atom stereocenters. The number of ether oxygens (including phenoxy) is 1. The van der Waals surface area contributed by atoms with E-state index in [4.69, 9.17) is 27.9 Å². The van der Waals surface area contributed by atoms with Gasteiger partial charge in [0.1, 0.15) is 5.82 Å². The maximum Gasteiger partial charge on any atom is 0.192 e. The second-order valence-corrected chi connectivity index (χ2v) is 7.70. The average molecular weight is 568 g/mol. The third-order valence-electron chi connectivity index (χ3n) is 4.84. The molecule has 0 bridgehead atoms. The highest BCUT2D eigenvalue weighted by Gasteiger charge is 2.11. The zero-order valence-corrected chi connectivity index (χ0v) is 21.0. The Bertz CT molecular complexity index is 840. The Morgan fingerprint density at radius 2 is 1.97 bits per heavy atom. The monoisotopic (exact) mass is 567 g/mol. The van der Waals surface area contributed by atoms with Crippen LogP contribution in [0.3, 0.4) is 0 Å². The molecule has 2 N–H and O–H groups in total. The Balaban J connectivity index is 0.00000320. The van der Waals surface area contributed by atoms with Crippen LogP contribution in [-0.4, -0.2) is 65.0 Å². The van der Waals surface area contributed by atoms with Crippen LogP contribution in [0, 0.1) is 6.92 Å². The molecule has 1 aromatic heterocycles. The molecule has 11 heteroatoms. The molecule has 2 heterocycles. The maximum atomic E-state index is 6.28. The van der Waals surface area contributed by atoms with E-state index in [-0.39, 0.29) is 24.0 Å². The predicted molar refractivity (Wildman–Crippen MR) is 131 cm³/mol. The number of aryl methyl sites for hydroxylation is 1. The first kappa shape index (κ1) is 25.1. The fraction of sp³-hybridized carbons (Fsp3) is 0.526. The Morgan fingerprint density at radius 3 is 2.63 bits per heavy atom. The number of benzene rings is 1. The van der Waals surface area contributed by atoms with Crippen LogP contribution < -0.4 is 10.6 Å². The summed E-state index contributed by atoms with van der Waals surface area (Å²) in [5.74, 6) is 2.41. The zero-order chi connectivity index (χ0) is 20.6. The van der Waals surface area contributed by atoms with Gasteiger partial charge in [0.15, 0.2) is 11.8 Å². The van der Waals surface area contributed by atoms with E-state index in [1.165, 1.54) is 0 Å². The van der Waals surface area contributed by atoms with Crippen LogP contribution in [0.5, 0.6) is 0 Å². The molecular weight excluding hydrogens is 540 g/mol. The van der Waals surface area contributed by atoms with Gasteiger partial charge in [0.25, 0.3) is 0 Å². The third-order valence-corrected chi connectivity index (χ3v) is 5.43. The normalized spacial score (nSPS) is 15.0. The van der Waals surface area contributed by atoms with Gasteiger partial charge in [0, 0.05) is 43.3 Å². The average Bonchev–Trinajstić information content (AvgIpc) is 3.03. The molecule has 166 valence electrons. The number of aliphatic imine (C=N–C) groups is 1.